The second-order valence-corrected chi connectivity index (χ2v) is 9.17. The van der Waals surface area contributed by atoms with Crippen molar-refractivity contribution in [1.82, 2.24) is 4.98 Å². The van der Waals surface area contributed by atoms with Gasteiger partial charge in [-0.3, -0.25) is 9.79 Å². The molecule has 2 aliphatic heterocycles. The third kappa shape index (κ3) is 4.80. The topological polar surface area (TPSA) is 87.4 Å². The number of carbonyl (C=O) groups is 1. The number of rotatable bonds is 6. The van der Waals surface area contributed by atoms with E-state index >= 15 is 0 Å². The standard InChI is InChI=1S/C25H24N4O3S/c30-24(31)18-5-4-12-29(15-18)25-28-22(23(33-25)19-13-26-16-27-14-19)17-8-10-21(11-9-17)32-20-6-2-1-3-7-20/h1-3,6-11,13,16,18-19H,4-5,12,14-15H2,(H,30,31). The van der Waals surface area contributed by atoms with Gasteiger partial charge in [0.25, 0.3) is 0 Å². The Kier molecular flexibility index (Phi) is 6.17. The third-order valence-corrected chi connectivity index (χ3v) is 7.09. The maximum Gasteiger partial charge on any atom is 0.308 e. The summed E-state index contributed by atoms with van der Waals surface area (Å²) in [7, 11) is 0. The minimum absolute atomic E-state index is 0.0524. The highest BCUT2D eigenvalue weighted by atomic mass is 32.1. The highest BCUT2D eigenvalue weighted by Crippen LogP contribution is 2.39. The van der Waals surface area contributed by atoms with Crippen molar-refractivity contribution in [2.24, 2.45) is 15.9 Å². The molecule has 0 saturated carbocycles. The quantitative estimate of drug-likeness (QED) is 0.553. The first-order valence-corrected chi connectivity index (χ1v) is 11.8. The van der Waals surface area contributed by atoms with Crippen LogP contribution in [0, 0.1) is 5.92 Å². The van der Waals surface area contributed by atoms with E-state index in [2.05, 4.69) is 14.9 Å². The van der Waals surface area contributed by atoms with E-state index < -0.39 is 5.97 Å². The van der Waals surface area contributed by atoms with E-state index in [0.717, 1.165) is 45.7 Å². The van der Waals surface area contributed by atoms with Crippen molar-refractivity contribution in [3.8, 4) is 22.8 Å². The molecule has 1 aromatic heterocycles. The number of aromatic nitrogens is 1. The molecule has 8 heteroatoms. The largest absolute Gasteiger partial charge is 0.481 e. The van der Waals surface area contributed by atoms with Gasteiger partial charge in [-0.05, 0) is 49.2 Å². The zero-order valence-corrected chi connectivity index (χ0v) is 18.8. The predicted octanol–water partition coefficient (Wildman–Crippen LogP) is 5.10. The van der Waals surface area contributed by atoms with Gasteiger partial charge in [0.05, 0.1) is 24.1 Å². The van der Waals surface area contributed by atoms with Crippen molar-refractivity contribution in [2.45, 2.75) is 18.8 Å². The van der Waals surface area contributed by atoms with Gasteiger partial charge < -0.3 is 14.7 Å². The fourth-order valence-electron chi connectivity index (χ4n) is 4.12. The summed E-state index contributed by atoms with van der Waals surface area (Å²) in [5.41, 5.74) is 1.88. The zero-order chi connectivity index (χ0) is 22.6. The fraction of sp³-hybridized carbons (Fsp3) is 0.280. The number of hydrogen-bond acceptors (Lipinski definition) is 7. The maximum absolute atomic E-state index is 11.5. The molecular weight excluding hydrogens is 436 g/mol. The zero-order valence-electron chi connectivity index (χ0n) is 18.0. The van der Waals surface area contributed by atoms with Gasteiger partial charge >= 0.3 is 5.97 Å². The minimum Gasteiger partial charge on any atom is -0.481 e. The number of thiazole rings is 1. The Morgan fingerprint density at radius 1 is 1.09 bits per heavy atom. The van der Waals surface area contributed by atoms with E-state index in [1.807, 2.05) is 60.8 Å². The Hall–Kier alpha value is -3.52. The van der Waals surface area contributed by atoms with Crippen LogP contribution in [0.2, 0.25) is 0 Å². The number of carboxylic acid groups (broad SMARTS) is 1. The average molecular weight is 461 g/mol. The lowest BCUT2D eigenvalue weighted by Gasteiger charge is -2.30. The molecule has 5 rings (SSSR count). The van der Waals surface area contributed by atoms with E-state index in [0.29, 0.717) is 19.5 Å². The number of benzene rings is 2. The fourth-order valence-corrected chi connectivity index (χ4v) is 5.29. The maximum atomic E-state index is 11.5. The summed E-state index contributed by atoms with van der Waals surface area (Å²) in [5, 5.41) is 10.3. The number of aliphatic carboxylic acids is 1. The lowest BCUT2D eigenvalue weighted by molar-refractivity contribution is -0.141. The van der Waals surface area contributed by atoms with Gasteiger partial charge in [-0.25, -0.2) is 9.98 Å². The molecular formula is C25H24N4O3S. The number of aliphatic imine (C=N–C) groups is 2. The van der Waals surface area contributed by atoms with Crippen LogP contribution in [0.4, 0.5) is 5.13 Å². The number of anilines is 1. The first kappa shape index (κ1) is 21.3. The average Bonchev–Trinajstić information content (AvgIpc) is 3.31. The van der Waals surface area contributed by atoms with Gasteiger partial charge in [0.15, 0.2) is 5.13 Å². The summed E-state index contributed by atoms with van der Waals surface area (Å²) in [4.78, 5) is 28.3. The van der Waals surface area contributed by atoms with Crippen molar-refractivity contribution in [3.05, 3.63) is 59.5 Å². The molecule has 0 amide bonds. The van der Waals surface area contributed by atoms with Crippen LogP contribution in [-0.4, -0.2) is 48.2 Å². The number of ether oxygens (including phenoxy) is 1. The normalized spacial score (nSPS) is 20.1. The smallest absolute Gasteiger partial charge is 0.308 e. The minimum atomic E-state index is -0.737. The van der Waals surface area contributed by atoms with E-state index in [1.165, 1.54) is 0 Å². The second-order valence-electron chi connectivity index (χ2n) is 8.16. The number of para-hydroxylation sites is 1. The molecule has 1 N–H and O–H groups in total. The van der Waals surface area contributed by atoms with Crippen molar-refractivity contribution in [3.63, 3.8) is 0 Å². The Morgan fingerprint density at radius 2 is 1.88 bits per heavy atom. The summed E-state index contributed by atoms with van der Waals surface area (Å²) in [6, 6.07) is 17.6. The van der Waals surface area contributed by atoms with Gasteiger partial charge in [-0.2, -0.15) is 0 Å². The monoisotopic (exact) mass is 460 g/mol. The van der Waals surface area contributed by atoms with Crippen LogP contribution in [-0.2, 0) is 4.79 Å². The van der Waals surface area contributed by atoms with Crippen LogP contribution in [0.3, 0.4) is 0 Å². The Bertz CT molecular complexity index is 1170. The molecule has 2 unspecified atom stereocenters. The molecule has 168 valence electrons. The molecule has 2 aromatic carbocycles. The lowest BCUT2D eigenvalue weighted by Crippen LogP contribution is -2.38. The van der Waals surface area contributed by atoms with Crippen molar-refractivity contribution in [2.75, 3.05) is 24.5 Å². The highest BCUT2D eigenvalue weighted by molar-refractivity contribution is 7.16. The van der Waals surface area contributed by atoms with E-state index in [-0.39, 0.29) is 11.8 Å². The van der Waals surface area contributed by atoms with Crippen molar-refractivity contribution >= 4 is 35.0 Å². The molecule has 0 radical (unpaired) electrons. The third-order valence-electron chi connectivity index (χ3n) is 5.84. The Morgan fingerprint density at radius 3 is 2.61 bits per heavy atom. The molecule has 0 aliphatic carbocycles. The molecule has 3 heterocycles. The summed E-state index contributed by atoms with van der Waals surface area (Å²) < 4.78 is 5.93. The van der Waals surface area contributed by atoms with Crippen LogP contribution in [0.15, 0.2) is 64.6 Å². The molecule has 7 nitrogen and oxygen atoms in total. The van der Waals surface area contributed by atoms with Crippen LogP contribution in [0.5, 0.6) is 11.5 Å². The van der Waals surface area contributed by atoms with Gasteiger partial charge in [-0.1, -0.05) is 18.2 Å². The number of hydrogen-bond donors (Lipinski definition) is 1. The lowest BCUT2D eigenvalue weighted by atomic mass is 9.99. The molecule has 2 atom stereocenters. The molecule has 33 heavy (non-hydrogen) atoms. The molecule has 1 fully saturated rings. The molecule has 3 aromatic rings. The highest BCUT2D eigenvalue weighted by Gasteiger charge is 2.29. The Labute approximate surface area is 196 Å². The number of nitrogens with zero attached hydrogens (tertiary/aromatic N) is 4. The van der Waals surface area contributed by atoms with Crippen LogP contribution < -0.4 is 9.64 Å². The number of piperidine rings is 1. The van der Waals surface area contributed by atoms with Crippen LogP contribution >= 0.6 is 11.3 Å². The first-order valence-electron chi connectivity index (χ1n) is 11.0. The predicted molar refractivity (Wildman–Crippen MR) is 131 cm³/mol. The van der Waals surface area contributed by atoms with Crippen molar-refractivity contribution < 1.29 is 14.6 Å². The molecule has 2 aliphatic rings. The van der Waals surface area contributed by atoms with Gasteiger partial charge in [0.1, 0.15) is 17.8 Å². The summed E-state index contributed by atoms with van der Waals surface area (Å²) in [5.74, 6) is 0.503. The summed E-state index contributed by atoms with van der Waals surface area (Å²) in [6.07, 6.45) is 5.05. The summed E-state index contributed by atoms with van der Waals surface area (Å²) >= 11 is 1.61. The van der Waals surface area contributed by atoms with E-state index in [1.54, 1.807) is 17.7 Å². The Balaban J connectivity index is 1.44. The summed E-state index contributed by atoms with van der Waals surface area (Å²) in [6.45, 7) is 1.94. The van der Waals surface area contributed by atoms with E-state index in [4.69, 9.17) is 9.72 Å². The second kappa shape index (κ2) is 9.54. The van der Waals surface area contributed by atoms with Gasteiger partial charge in [0, 0.05) is 29.7 Å². The van der Waals surface area contributed by atoms with Crippen molar-refractivity contribution in [1.29, 1.82) is 0 Å². The van der Waals surface area contributed by atoms with Crippen LogP contribution in [0.1, 0.15) is 23.6 Å². The van der Waals surface area contributed by atoms with E-state index in [9.17, 15) is 9.90 Å². The SMILES string of the molecule is O=C(O)C1CCCN(c2nc(-c3ccc(Oc4ccccc4)cc3)c(C3C=NC=NC3)s2)C1. The van der Waals surface area contributed by atoms with Crippen LogP contribution in [0.25, 0.3) is 11.3 Å². The molecule has 1 saturated heterocycles. The van der Waals surface area contributed by atoms with Gasteiger partial charge in [-0.15, -0.1) is 11.3 Å². The first-order chi connectivity index (χ1) is 16.2. The molecule has 0 bridgehead atoms. The number of carboxylic acids is 1. The van der Waals surface area contributed by atoms with Gasteiger partial charge in [0.2, 0.25) is 0 Å². The molecule has 0 spiro atoms.